The number of esters is 1. The third-order valence-corrected chi connectivity index (χ3v) is 5.89. The van der Waals surface area contributed by atoms with Crippen molar-refractivity contribution in [2.45, 2.75) is 45.9 Å². The van der Waals surface area contributed by atoms with Crippen molar-refractivity contribution in [2.24, 2.45) is 5.92 Å². The second-order valence-electron chi connectivity index (χ2n) is 9.35. The van der Waals surface area contributed by atoms with Crippen LogP contribution in [-0.4, -0.2) is 30.5 Å². The molecule has 1 N–H and O–H groups in total. The summed E-state index contributed by atoms with van der Waals surface area (Å²) in [5, 5.41) is 2.69. The molecule has 0 fully saturated rings. The van der Waals surface area contributed by atoms with E-state index >= 15 is 0 Å². The van der Waals surface area contributed by atoms with E-state index in [1.165, 1.54) is 19.2 Å². The normalized spacial score (nSPS) is 12.2. The van der Waals surface area contributed by atoms with Crippen LogP contribution in [0.1, 0.15) is 59.8 Å². The van der Waals surface area contributed by atoms with Crippen LogP contribution < -0.4 is 10.1 Å². The first-order valence-corrected chi connectivity index (χ1v) is 12.2. The number of benzene rings is 2. The Balaban J connectivity index is 1.73. The van der Waals surface area contributed by atoms with Gasteiger partial charge in [0.15, 0.2) is 0 Å². The van der Waals surface area contributed by atoms with Crippen molar-refractivity contribution in [1.82, 2.24) is 10.3 Å². The van der Waals surface area contributed by atoms with Gasteiger partial charge in [0, 0.05) is 17.7 Å². The molecule has 1 aromatic heterocycles. The number of ether oxygens (including phenoxy) is 2. The van der Waals surface area contributed by atoms with Gasteiger partial charge < -0.3 is 14.8 Å². The predicted molar refractivity (Wildman–Crippen MR) is 138 cm³/mol. The molecule has 3 aromatic rings. The van der Waals surface area contributed by atoms with Crippen LogP contribution in [-0.2, 0) is 15.7 Å². The van der Waals surface area contributed by atoms with Crippen molar-refractivity contribution >= 4 is 11.9 Å². The number of hydrogen-bond acceptors (Lipinski definition) is 5. The van der Waals surface area contributed by atoms with Crippen molar-refractivity contribution in [1.29, 1.82) is 0 Å². The fourth-order valence-electron chi connectivity index (χ4n) is 3.91. The average molecular weight is 529 g/mol. The molecule has 9 heteroatoms. The van der Waals surface area contributed by atoms with Gasteiger partial charge in [-0.15, -0.1) is 0 Å². The molecule has 0 saturated heterocycles. The Kier molecular flexibility index (Phi) is 9.50. The summed E-state index contributed by atoms with van der Waals surface area (Å²) in [6, 6.07) is 13.8. The molecule has 0 bridgehead atoms. The Morgan fingerprint density at radius 3 is 2.24 bits per heavy atom. The highest BCUT2D eigenvalue weighted by molar-refractivity contribution is 5.94. The van der Waals surface area contributed by atoms with Gasteiger partial charge in [0.05, 0.1) is 31.0 Å². The van der Waals surface area contributed by atoms with E-state index in [1.54, 1.807) is 18.3 Å². The maximum atomic E-state index is 12.9. The van der Waals surface area contributed by atoms with Crippen molar-refractivity contribution in [3.63, 3.8) is 0 Å². The number of nitrogens with zero attached hydrogens (tertiary/aromatic N) is 1. The number of methoxy groups -OCH3 is 1. The van der Waals surface area contributed by atoms with Gasteiger partial charge in [-0.2, -0.15) is 13.2 Å². The lowest BCUT2D eigenvalue weighted by molar-refractivity contribution is -0.140. The molecule has 202 valence electrons. The monoisotopic (exact) mass is 528 g/mol. The molecule has 1 heterocycles. The molecule has 1 amide bonds. The number of aryl methyl sites for hydroxylation is 1. The van der Waals surface area contributed by atoms with Gasteiger partial charge in [0.1, 0.15) is 11.9 Å². The molecule has 0 aliphatic carbocycles. The van der Waals surface area contributed by atoms with Crippen molar-refractivity contribution in [2.75, 3.05) is 13.7 Å². The summed E-state index contributed by atoms with van der Waals surface area (Å²) < 4.78 is 49.5. The Hall–Kier alpha value is -3.88. The summed E-state index contributed by atoms with van der Waals surface area (Å²) in [5.41, 5.74) is 2.56. The number of amides is 1. The zero-order valence-corrected chi connectivity index (χ0v) is 21.8. The van der Waals surface area contributed by atoms with Crippen LogP contribution in [0.15, 0.2) is 60.8 Å². The maximum Gasteiger partial charge on any atom is 0.416 e. The fourth-order valence-corrected chi connectivity index (χ4v) is 3.91. The zero-order chi connectivity index (χ0) is 27.9. The first-order valence-electron chi connectivity index (χ1n) is 12.2. The molecular formula is C29H31F3N2O4. The van der Waals surface area contributed by atoms with Crippen LogP contribution >= 0.6 is 0 Å². The van der Waals surface area contributed by atoms with E-state index in [0.717, 1.165) is 23.3 Å². The molecule has 1 atom stereocenters. The molecule has 0 aliphatic heterocycles. The van der Waals surface area contributed by atoms with E-state index in [0.29, 0.717) is 34.9 Å². The molecule has 2 aromatic carbocycles. The minimum Gasteiger partial charge on any atom is -0.484 e. The van der Waals surface area contributed by atoms with Gasteiger partial charge in [-0.3, -0.25) is 14.6 Å². The highest BCUT2D eigenvalue weighted by Crippen LogP contribution is 2.33. The largest absolute Gasteiger partial charge is 0.484 e. The lowest BCUT2D eigenvalue weighted by Gasteiger charge is -2.22. The molecule has 0 radical (unpaired) electrons. The predicted octanol–water partition coefficient (Wildman–Crippen LogP) is 6.53. The third kappa shape index (κ3) is 7.81. The Labute approximate surface area is 220 Å². The first-order chi connectivity index (χ1) is 18.0. The van der Waals surface area contributed by atoms with Gasteiger partial charge in [-0.25, -0.2) is 0 Å². The summed E-state index contributed by atoms with van der Waals surface area (Å²) in [6.45, 7) is 6.17. The van der Waals surface area contributed by atoms with Crippen molar-refractivity contribution in [3.05, 3.63) is 83.0 Å². The van der Waals surface area contributed by atoms with Crippen LogP contribution in [0.25, 0.3) is 11.3 Å². The molecular weight excluding hydrogens is 497 g/mol. The SMILES string of the molecule is COC(=O)CCNC(=O)c1ccc(C(CC(C)C)Oc2cnc(-c3ccc(C(F)(F)F)cc3)c(C)c2)cc1. The Morgan fingerprint density at radius 1 is 1.03 bits per heavy atom. The Bertz CT molecular complexity index is 1240. The Morgan fingerprint density at radius 2 is 1.68 bits per heavy atom. The highest BCUT2D eigenvalue weighted by atomic mass is 19.4. The van der Waals surface area contributed by atoms with Gasteiger partial charge in [-0.05, 0) is 60.7 Å². The summed E-state index contributed by atoms with van der Waals surface area (Å²) in [6.07, 6.45) is -2.32. The molecule has 6 nitrogen and oxygen atoms in total. The van der Waals surface area contributed by atoms with Crippen molar-refractivity contribution in [3.8, 4) is 17.0 Å². The summed E-state index contributed by atoms with van der Waals surface area (Å²) >= 11 is 0. The first kappa shape index (κ1) is 28.7. The molecule has 0 aliphatic rings. The number of rotatable bonds is 10. The smallest absolute Gasteiger partial charge is 0.416 e. The van der Waals surface area contributed by atoms with E-state index in [4.69, 9.17) is 4.74 Å². The number of hydrogen-bond donors (Lipinski definition) is 1. The number of aromatic nitrogens is 1. The number of carbonyl (C=O) groups is 2. The van der Waals surface area contributed by atoms with Gasteiger partial charge >= 0.3 is 12.1 Å². The fraction of sp³-hybridized carbons (Fsp3) is 0.345. The van der Waals surface area contributed by atoms with Crippen LogP contribution in [0, 0.1) is 12.8 Å². The lowest BCUT2D eigenvalue weighted by Crippen LogP contribution is -2.26. The highest BCUT2D eigenvalue weighted by Gasteiger charge is 2.30. The number of alkyl halides is 3. The number of pyridine rings is 1. The zero-order valence-electron chi connectivity index (χ0n) is 21.8. The topological polar surface area (TPSA) is 77.5 Å². The molecule has 0 saturated carbocycles. The van der Waals surface area contributed by atoms with Crippen LogP contribution in [0.2, 0.25) is 0 Å². The standard InChI is InChI=1S/C29H31F3N2O4/c1-18(2)15-25(20-5-7-22(8-6-20)28(36)33-14-13-26(35)37-4)38-24-16-19(3)27(34-17-24)21-9-11-23(12-10-21)29(30,31)32/h5-12,16-18,25H,13-15H2,1-4H3,(H,33,36). The van der Waals surface area contributed by atoms with E-state index in [1.807, 2.05) is 25.1 Å². The number of carbonyl (C=O) groups excluding carboxylic acids is 2. The van der Waals surface area contributed by atoms with Gasteiger partial charge in [0.25, 0.3) is 5.91 Å². The summed E-state index contributed by atoms with van der Waals surface area (Å²) in [7, 11) is 1.30. The summed E-state index contributed by atoms with van der Waals surface area (Å²) in [5.74, 6) is 0.169. The van der Waals surface area contributed by atoms with Crippen molar-refractivity contribution < 1.29 is 32.2 Å². The number of halogens is 3. The average Bonchev–Trinajstić information content (AvgIpc) is 2.87. The van der Waals surface area contributed by atoms with Crippen LogP contribution in [0.3, 0.4) is 0 Å². The van der Waals surface area contributed by atoms with E-state index in [2.05, 4.69) is 28.9 Å². The molecule has 3 rings (SSSR count). The molecule has 1 unspecified atom stereocenters. The van der Waals surface area contributed by atoms with Crippen LogP contribution in [0.5, 0.6) is 5.75 Å². The maximum absolute atomic E-state index is 12.9. The minimum atomic E-state index is -4.39. The second kappa shape index (κ2) is 12.6. The van der Waals surface area contributed by atoms with E-state index in [-0.39, 0.29) is 25.0 Å². The lowest BCUT2D eigenvalue weighted by atomic mass is 9.98. The van der Waals surface area contributed by atoms with Crippen LogP contribution in [0.4, 0.5) is 13.2 Å². The molecule has 0 spiro atoms. The quantitative estimate of drug-likeness (QED) is 0.303. The van der Waals surface area contributed by atoms with Gasteiger partial charge in [0.2, 0.25) is 0 Å². The number of nitrogens with one attached hydrogen (secondary N) is 1. The van der Waals surface area contributed by atoms with E-state index in [9.17, 15) is 22.8 Å². The molecule has 38 heavy (non-hydrogen) atoms. The minimum absolute atomic E-state index is 0.0930. The third-order valence-electron chi connectivity index (χ3n) is 5.89. The summed E-state index contributed by atoms with van der Waals surface area (Å²) in [4.78, 5) is 28.0. The van der Waals surface area contributed by atoms with E-state index < -0.39 is 17.7 Å². The second-order valence-corrected chi connectivity index (χ2v) is 9.35. The van der Waals surface area contributed by atoms with Gasteiger partial charge in [-0.1, -0.05) is 38.1 Å².